The van der Waals surface area contributed by atoms with Crippen LogP contribution in [0.3, 0.4) is 0 Å². The number of nitrogens with one attached hydrogen (secondary N) is 1. The number of halogens is 2. The lowest BCUT2D eigenvalue weighted by molar-refractivity contribution is 0.388. The first kappa shape index (κ1) is 9.17. The van der Waals surface area contributed by atoms with Crippen molar-refractivity contribution in [3.05, 3.63) is 24.9 Å². The molecule has 68 valence electrons. The summed E-state index contributed by atoms with van der Waals surface area (Å²) in [4.78, 5) is 14.0. The molecule has 0 amide bonds. The van der Waals surface area contributed by atoms with Crippen LogP contribution in [0.15, 0.2) is 23.6 Å². The quantitative estimate of drug-likeness (QED) is 0.876. The van der Waals surface area contributed by atoms with Gasteiger partial charge in [-0.3, -0.25) is 9.51 Å². The first-order valence-corrected chi connectivity index (χ1v) is 5.58. The van der Waals surface area contributed by atoms with E-state index in [1.807, 2.05) is 6.07 Å². The Morgan fingerprint density at radius 2 is 2.31 bits per heavy atom. The van der Waals surface area contributed by atoms with E-state index in [2.05, 4.69) is 46.5 Å². The van der Waals surface area contributed by atoms with E-state index in [1.165, 1.54) is 11.3 Å². The summed E-state index contributed by atoms with van der Waals surface area (Å²) in [6, 6.07) is 1.85. The van der Waals surface area contributed by atoms with Gasteiger partial charge in [-0.15, -0.1) is 11.3 Å². The van der Waals surface area contributed by atoms with E-state index in [9.17, 15) is 4.79 Å². The highest BCUT2D eigenvalue weighted by Gasteiger charge is 2.09. The van der Waals surface area contributed by atoms with Gasteiger partial charge in [-0.2, -0.15) is 0 Å². The maximum atomic E-state index is 10.7. The molecule has 0 fully saturated rings. The highest BCUT2D eigenvalue weighted by Crippen LogP contribution is 2.36. The molecule has 0 aliphatic carbocycles. The Balaban J connectivity index is 2.52. The van der Waals surface area contributed by atoms with Crippen LogP contribution in [0.2, 0.25) is 0 Å². The van der Waals surface area contributed by atoms with E-state index in [1.54, 1.807) is 0 Å². The van der Waals surface area contributed by atoms with Crippen molar-refractivity contribution in [3.63, 3.8) is 0 Å². The van der Waals surface area contributed by atoms with Gasteiger partial charge in [-0.25, -0.2) is 4.79 Å². The molecule has 0 radical (unpaired) electrons. The summed E-state index contributed by atoms with van der Waals surface area (Å²) >= 11 is 8.13. The Hall–Kier alpha value is -0.400. The minimum atomic E-state index is -0.546. The number of hydrogen-bond donors (Lipinski definition) is 1. The molecule has 0 unspecified atom stereocenters. The fraction of sp³-hybridized carbons (Fsp3) is 0. The van der Waals surface area contributed by atoms with Crippen LogP contribution in [-0.4, -0.2) is 10.1 Å². The first-order valence-electron chi connectivity index (χ1n) is 3.18. The van der Waals surface area contributed by atoms with Crippen molar-refractivity contribution in [1.29, 1.82) is 0 Å². The second-order valence-electron chi connectivity index (χ2n) is 2.18. The van der Waals surface area contributed by atoms with Crippen LogP contribution in [0.1, 0.15) is 0 Å². The normalized spacial score (nSPS) is 10.6. The molecule has 2 aromatic heterocycles. The fourth-order valence-electron chi connectivity index (χ4n) is 0.799. The van der Waals surface area contributed by atoms with Gasteiger partial charge in [0, 0.05) is 4.47 Å². The molecule has 1 N–H and O–H groups in total. The van der Waals surface area contributed by atoms with Crippen molar-refractivity contribution in [2.45, 2.75) is 0 Å². The van der Waals surface area contributed by atoms with Crippen LogP contribution >= 0.6 is 43.2 Å². The zero-order valence-corrected chi connectivity index (χ0v) is 9.99. The van der Waals surface area contributed by atoms with Gasteiger partial charge in [-0.05, 0) is 37.9 Å². The Labute approximate surface area is 93.2 Å². The zero-order valence-electron chi connectivity index (χ0n) is 6.01. The van der Waals surface area contributed by atoms with E-state index >= 15 is 0 Å². The van der Waals surface area contributed by atoms with Crippen LogP contribution in [0.4, 0.5) is 0 Å². The van der Waals surface area contributed by atoms with Crippen molar-refractivity contribution in [3.8, 4) is 10.7 Å². The van der Waals surface area contributed by atoms with Gasteiger partial charge in [0.15, 0.2) is 5.82 Å². The molecule has 2 aromatic rings. The van der Waals surface area contributed by atoms with Crippen LogP contribution in [0, 0.1) is 0 Å². The Morgan fingerprint density at radius 1 is 1.54 bits per heavy atom. The van der Waals surface area contributed by atoms with Crippen molar-refractivity contribution in [1.82, 2.24) is 10.1 Å². The average molecular weight is 326 g/mol. The summed E-state index contributed by atoms with van der Waals surface area (Å²) in [7, 11) is 0. The lowest BCUT2D eigenvalue weighted by Crippen LogP contribution is -1.94. The zero-order chi connectivity index (χ0) is 9.42. The third-order valence-electron chi connectivity index (χ3n) is 1.32. The molecule has 0 bridgehead atoms. The largest absolute Gasteiger partial charge is 0.439 e. The van der Waals surface area contributed by atoms with Crippen LogP contribution < -0.4 is 5.76 Å². The van der Waals surface area contributed by atoms with Crippen LogP contribution in [0.25, 0.3) is 10.7 Å². The lowest BCUT2D eigenvalue weighted by atomic mass is 10.4. The van der Waals surface area contributed by atoms with Gasteiger partial charge in [0.05, 0.1) is 8.66 Å². The van der Waals surface area contributed by atoms with Gasteiger partial charge in [0.25, 0.3) is 0 Å². The smallest absolute Gasteiger partial charge is 0.296 e. The van der Waals surface area contributed by atoms with Gasteiger partial charge in [-0.1, -0.05) is 5.16 Å². The van der Waals surface area contributed by atoms with Crippen molar-refractivity contribution < 1.29 is 4.52 Å². The number of hydrogen-bond acceptors (Lipinski definition) is 4. The Morgan fingerprint density at radius 3 is 2.77 bits per heavy atom. The molecule has 0 aliphatic rings. The van der Waals surface area contributed by atoms with E-state index < -0.39 is 5.76 Å². The molecule has 2 heterocycles. The summed E-state index contributed by atoms with van der Waals surface area (Å²) in [5, 5.41) is 3.57. The SMILES string of the molecule is O=c1[nH]c(-c2cc(Br)c(Br)s2)no1. The maximum absolute atomic E-state index is 10.7. The molecular formula is C6H2Br2N2O2S. The monoisotopic (exact) mass is 324 g/mol. The second-order valence-corrected chi connectivity index (χ2v) is 5.40. The van der Waals surface area contributed by atoms with Gasteiger partial charge in [0.1, 0.15) is 0 Å². The first-order chi connectivity index (χ1) is 6.16. The summed E-state index contributed by atoms with van der Waals surface area (Å²) in [5.74, 6) is -0.1000. The maximum Gasteiger partial charge on any atom is 0.439 e. The van der Waals surface area contributed by atoms with E-state index in [-0.39, 0.29) is 0 Å². The van der Waals surface area contributed by atoms with Gasteiger partial charge in [0.2, 0.25) is 0 Å². The molecule has 0 atom stereocenters. The molecule has 0 aromatic carbocycles. The minimum Gasteiger partial charge on any atom is -0.296 e. The predicted octanol–water partition coefficient (Wildman–Crippen LogP) is 2.62. The van der Waals surface area contributed by atoms with E-state index in [0.29, 0.717) is 5.82 Å². The van der Waals surface area contributed by atoms with Crippen LogP contribution in [0.5, 0.6) is 0 Å². The summed E-state index contributed by atoms with van der Waals surface area (Å²) in [5.41, 5.74) is 0. The Kier molecular flexibility index (Phi) is 2.39. The molecule has 2 rings (SSSR count). The topological polar surface area (TPSA) is 58.9 Å². The molecule has 0 saturated carbocycles. The molecule has 0 aliphatic heterocycles. The molecule has 4 nitrogen and oxygen atoms in total. The molecule has 0 saturated heterocycles. The molecule has 7 heteroatoms. The number of rotatable bonds is 1. The number of H-pyrrole nitrogens is 1. The number of aromatic nitrogens is 2. The predicted molar refractivity (Wildman–Crippen MR) is 55.8 cm³/mol. The summed E-state index contributed by atoms with van der Waals surface area (Å²) < 4.78 is 6.26. The van der Waals surface area contributed by atoms with Crippen LogP contribution in [-0.2, 0) is 0 Å². The van der Waals surface area contributed by atoms with Gasteiger partial charge >= 0.3 is 5.76 Å². The molecule has 13 heavy (non-hydrogen) atoms. The highest BCUT2D eigenvalue weighted by atomic mass is 79.9. The summed E-state index contributed by atoms with van der Waals surface area (Å²) in [6.45, 7) is 0. The van der Waals surface area contributed by atoms with E-state index in [4.69, 9.17) is 0 Å². The third kappa shape index (κ3) is 1.77. The number of thiophene rings is 1. The fourth-order valence-corrected chi connectivity index (χ4v) is 2.77. The second kappa shape index (κ2) is 3.39. The van der Waals surface area contributed by atoms with Crippen molar-refractivity contribution >= 4 is 43.2 Å². The minimum absolute atomic E-state index is 0.446. The van der Waals surface area contributed by atoms with Gasteiger partial charge < -0.3 is 0 Å². The molecular weight excluding hydrogens is 324 g/mol. The van der Waals surface area contributed by atoms with Crippen molar-refractivity contribution in [2.24, 2.45) is 0 Å². The number of aromatic amines is 1. The standard InChI is InChI=1S/C6H2Br2N2O2S/c7-2-1-3(13-4(2)8)5-9-6(11)12-10-5/h1H,(H,9,10,11). The highest BCUT2D eigenvalue weighted by molar-refractivity contribution is 9.13. The van der Waals surface area contributed by atoms with E-state index in [0.717, 1.165) is 13.1 Å². The molecule has 0 spiro atoms. The van der Waals surface area contributed by atoms with Crippen molar-refractivity contribution in [2.75, 3.05) is 0 Å². The lowest BCUT2D eigenvalue weighted by Gasteiger charge is -1.81. The average Bonchev–Trinajstić information content (AvgIpc) is 2.61. The number of nitrogens with zero attached hydrogens (tertiary/aromatic N) is 1. The Bertz CT molecular complexity index is 467. The third-order valence-corrected chi connectivity index (χ3v) is 4.58. The summed E-state index contributed by atoms with van der Waals surface area (Å²) in [6.07, 6.45) is 0.